The predicted molar refractivity (Wildman–Crippen MR) is 73.3 cm³/mol. The largest absolute Gasteiger partial charge is 0.393 e. The first kappa shape index (κ1) is 12.8. The molecule has 0 aliphatic heterocycles. The van der Waals surface area contributed by atoms with E-state index in [1.54, 1.807) is 6.20 Å². The van der Waals surface area contributed by atoms with Crippen LogP contribution in [-0.4, -0.2) is 16.2 Å². The molecule has 0 aliphatic carbocycles. The van der Waals surface area contributed by atoms with Crippen LogP contribution in [0.25, 0.3) is 0 Å². The van der Waals surface area contributed by atoms with E-state index in [1.165, 1.54) is 5.56 Å². The van der Waals surface area contributed by atoms with Crippen LogP contribution in [-0.2, 0) is 12.8 Å². The van der Waals surface area contributed by atoms with Crippen molar-refractivity contribution in [2.24, 2.45) is 0 Å². The molecule has 1 atom stereocenters. The van der Waals surface area contributed by atoms with Crippen molar-refractivity contribution < 1.29 is 5.11 Å². The maximum atomic E-state index is 9.94. The van der Waals surface area contributed by atoms with Gasteiger partial charge in [-0.3, -0.25) is 4.98 Å². The average Bonchev–Trinajstić information content (AvgIpc) is 2.41. The van der Waals surface area contributed by atoms with Crippen LogP contribution < -0.4 is 0 Å². The highest BCUT2D eigenvalue weighted by molar-refractivity contribution is 5.14. The molecule has 1 aromatic heterocycles. The lowest BCUT2D eigenvalue weighted by atomic mass is 10.0. The summed E-state index contributed by atoms with van der Waals surface area (Å²) < 4.78 is 0. The molecule has 18 heavy (non-hydrogen) atoms. The Morgan fingerprint density at radius 1 is 1.00 bits per heavy atom. The van der Waals surface area contributed by atoms with E-state index in [0.29, 0.717) is 6.42 Å². The van der Waals surface area contributed by atoms with Gasteiger partial charge in [-0.1, -0.05) is 36.4 Å². The molecule has 0 spiro atoms. The molecule has 0 aliphatic rings. The maximum absolute atomic E-state index is 9.94. The highest BCUT2D eigenvalue weighted by Crippen LogP contribution is 2.09. The van der Waals surface area contributed by atoms with Gasteiger partial charge in [0.1, 0.15) is 0 Å². The summed E-state index contributed by atoms with van der Waals surface area (Å²) in [5.74, 6) is 0. The molecule has 0 saturated heterocycles. The molecule has 0 saturated carbocycles. The van der Waals surface area contributed by atoms with E-state index in [9.17, 15) is 5.11 Å². The van der Waals surface area contributed by atoms with E-state index in [1.807, 2.05) is 24.3 Å². The van der Waals surface area contributed by atoms with Gasteiger partial charge in [-0.05, 0) is 37.0 Å². The van der Waals surface area contributed by atoms with E-state index in [2.05, 4.69) is 29.2 Å². The number of hydrogen-bond donors (Lipinski definition) is 1. The Morgan fingerprint density at radius 3 is 2.50 bits per heavy atom. The van der Waals surface area contributed by atoms with Gasteiger partial charge in [-0.2, -0.15) is 0 Å². The van der Waals surface area contributed by atoms with Gasteiger partial charge < -0.3 is 5.11 Å². The van der Waals surface area contributed by atoms with Crippen molar-refractivity contribution >= 4 is 0 Å². The lowest BCUT2D eigenvalue weighted by Crippen LogP contribution is -2.11. The Bertz CT molecular complexity index is 441. The molecule has 0 fully saturated rings. The fourth-order valence-corrected chi connectivity index (χ4v) is 2.05. The van der Waals surface area contributed by atoms with Gasteiger partial charge in [0, 0.05) is 18.3 Å². The summed E-state index contributed by atoms with van der Waals surface area (Å²) in [6.07, 6.45) is 4.99. The van der Waals surface area contributed by atoms with Crippen LogP contribution in [0, 0.1) is 0 Å². The molecule has 1 heterocycles. The van der Waals surface area contributed by atoms with Crippen molar-refractivity contribution in [3.8, 4) is 0 Å². The van der Waals surface area contributed by atoms with Crippen molar-refractivity contribution in [3.63, 3.8) is 0 Å². The minimum Gasteiger partial charge on any atom is -0.393 e. The molecule has 2 heteroatoms. The van der Waals surface area contributed by atoms with Crippen LogP contribution in [0.2, 0.25) is 0 Å². The zero-order chi connectivity index (χ0) is 12.6. The first-order valence-electron chi connectivity index (χ1n) is 6.46. The second-order valence-corrected chi connectivity index (χ2v) is 4.56. The van der Waals surface area contributed by atoms with Crippen LogP contribution in [0.5, 0.6) is 0 Å². The van der Waals surface area contributed by atoms with Crippen molar-refractivity contribution in [3.05, 3.63) is 66.0 Å². The lowest BCUT2D eigenvalue weighted by Gasteiger charge is -2.09. The molecule has 0 radical (unpaired) electrons. The Kier molecular flexibility index (Phi) is 4.91. The Hall–Kier alpha value is -1.67. The Morgan fingerprint density at radius 2 is 1.78 bits per heavy atom. The number of rotatable bonds is 6. The second-order valence-electron chi connectivity index (χ2n) is 4.56. The first-order valence-corrected chi connectivity index (χ1v) is 6.46. The maximum Gasteiger partial charge on any atom is 0.0595 e. The van der Waals surface area contributed by atoms with Crippen molar-refractivity contribution in [1.29, 1.82) is 0 Å². The summed E-state index contributed by atoms with van der Waals surface area (Å²) in [6, 6.07) is 16.2. The van der Waals surface area contributed by atoms with Crippen LogP contribution in [0.15, 0.2) is 54.7 Å². The topological polar surface area (TPSA) is 33.1 Å². The van der Waals surface area contributed by atoms with Gasteiger partial charge in [-0.25, -0.2) is 0 Å². The fourth-order valence-electron chi connectivity index (χ4n) is 2.05. The van der Waals surface area contributed by atoms with Gasteiger partial charge in [-0.15, -0.1) is 0 Å². The number of nitrogens with zero attached hydrogens (tertiary/aromatic N) is 1. The third kappa shape index (κ3) is 4.30. The number of aliphatic hydroxyl groups excluding tert-OH is 1. The fraction of sp³-hybridized carbons (Fsp3) is 0.312. The van der Waals surface area contributed by atoms with Crippen molar-refractivity contribution in [1.82, 2.24) is 4.98 Å². The predicted octanol–water partition coefficient (Wildman–Crippen LogP) is 3.01. The van der Waals surface area contributed by atoms with Gasteiger partial charge in [0.25, 0.3) is 0 Å². The minimum absolute atomic E-state index is 0.288. The normalized spacial score (nSPS) is 12.3. The summed E-state index contributed by atoms with van der Waals surface area (Å²) >= 11 is 0. The Labute approximate surface area is 108 Å². The van der Waals surface area contributed by atoms with E-state index in [-0.39, 0.29) is 6.10 Å². The highest BCUT2D eigenvalue weighted by atomic mass is 16.3. The monoisotopic (exact) mass is 241 g/mol. The number of benzene rings is 1. The molecule has 1 N–H and O–H groups in total. The summed E-state index contributed by atoms with van der Waals surface area (Å²) in [6.45, 7) is 0. The summed E-state index contributed by atoms with van der Waals surface area (Å²) in [4.78, 5) is 4.22. The van der Waals surface area contributed by atoms with E-state index < -0.39 is 0 Å². The number of aryl methyl sites for hydroxylation is 1. The summed E-state index contributed by atoms with van der Waals surface area (Å²) in [5.41, 5.74) is 2.30. The quantitative estimate of drug-likeness (QED) is 0.843. The minimum atomic E-state index is -0.288. The smallest absolute Gasteiger partial charge is 0.0595 e. The third-order valence-electron chi connectivity index (χ3n) is 3.02. The number of aliphatic hydroxyl groups is 1. The number of pyridine rings is 1. The summed E-state index contributed by atoms with van der Waals surface area (Å²) in [7, 11) is 0. The van der Waals surface area contributed by atoms with Gasteiger partial charge >= 0.3 is 0 Å². The Balaban J connectivity index is 1.71. The van der Waals surface area contributed by atoms with Crippen LogP contribution in [0.1, 0.15) is 24.1 Å². The SMILES string of the molecule is OC(CCCc1ccccc1)Cc1ccccn1. The van der Waals surface area contributed by atoms with Crippen molar-refractivity contribution in [2.75, 3.05) is 0 Å². The molecular weight excluding hydrogens is 222 g/mol. The van der Waals surface area contributed by atoms with E-state index in [0.717, 1.165) is 25.0 Å². The molecule has 0 amide bonds. The number of hydrogen-bond acceptors (Lipinski definition) is 2. The third-order valence-corrected chi connectivity index (χ3v) is 3.02. The molecule has 0 bridgehead atoms. The van der Waals surface area contributed by atoms with Gasteiger partial charge in [0.2, 0.25) is 0 Å². The van der Waals surface area contributed by atoms with E-state index >= 15 is 0 Å². The zero-order valence-corrected chi connectivity index (χ0v) is 10.5. The summed E-state index contributed by atoms with van der Waals surface area (Å²) in [5, 5.41) is 9.94. The van der Waals surface area contributed by atoms with Crippen LogP contribution in [0.3, 0.4) is 0 Å². The molecular formula is C16H19NO. The second kappa shape index (κ2) is 6.92. The molecule has 1 unspecified atom stereocenters. The molecule has 94 valence electrons. The van der Waals surface area contributed by atoms with E-state index in [4.69, 9.17) is 0 Å². The van der Waals surface area contributed by atoms with Crippen LogP contribution in [0.4, 0.5) is 0 Å². The van der Waals surface area contributed by atoms with Gasteiger partial charge in [0.05, 0.1) is 6.10 Å². The van der Waals surface area contributed by atoms with Crippen LogP contribution >= 0.6 is 0 Å². The highest BCUT2D eigenvalue weighted by Gasteiger charge is 2.06. The molecule has 2 nitrogen and oxygen atoms in total. The number of aromatic nitrogens is 1. The lowest BCUT2D eigenvalue weighted by molar-refractivity contribution is 0.161. The molecule has 2 rings (SSSR count). The molecule has 1 aromatic carbocycles. The van der Waals surface area contributed by atoms with Crippen molar-refractivity contribution in [2.45, 2.75) is 31.8 Å². The first-order chi connectivity index (χ1) is 8.84. The molecule has 2 aromatic rings. The van der Waals surface area contributed by atoms with Gasteiger partial charge in [0.15, 0.2) is 0 Å². The standard InChI is InChI=1S/C16H19NO/c18-16(13-15-10-4-5-12-17-15)11-6-9-14-7-2-1-3-8-14/h1-5,7-8,10,12,16,18H,6,9,11,13H2. The zero-order valence-electron chi connectivity index (χ0n) is 10.5. The average molecular weight is 241 g/mol.